The van der Waals surface area contributed by atoms with Gasteiger partial charge in [0.05, 0.1) is 0 Å². The van der Waals surface area contributed by atoms with E-state index in [1.807, 2.05) is 7.05 Å². The zero-order valence-electron chi connectivity index (χ0n) is 9.66. The van der Waals surface area contributed by atoms with Crippen LogP contribution in [0.15, 0.2) is 24.3 Å². The molecule has 0 aromatic heterocycles. The number of likely N-dealkylation sites (N-methyl/N-ethyl adjacent to an activating group) is 1. The van der Waals surface area contributed by atoms with Crippen molar-refractivity contribution in [2.24, 2.45) is 0 Å². The molecule has 1 fully saturated rings. The third-order valence-electron chi connectivity index (χ3n) is 3.25. The Labute approximate surface area is 92.3 Å². The molecular formula is C13H20N2. The summed E-state index contributed by atoms with van der Waals surface area (Å²) in [6, 6.07) is 8.82. The number of benzene rings is 1. The molecule has 1 aromatic rings. The number of hydrogen-bond acceptors (Lipinski definition) is 2. The van der Waals surface area contributed by atoms with Gasteiger partial charge in [0.2, 0.25) is 0 Å². The molecule has 1 N–H and O–H groups in total. The maximum atomic E-state index is 3.25. The van der Waals surface area contributed by atoms with Gasteiger partial charge in [0.15, 0.2) is 0 Å². The van der Waals surface area contributed by atoms with E-state index < -0.39 is 0 Å². The van der Waals surface area contributed by atoms with Crippen LogP contribution in [0.4, 0.5) is 0 Å². The predicted molar refractivity (Wildman–Crippen MR) is 64.1 cm³/mol. The summed E-state index contributed by atoms with van der Waals surface area (Å²) >= 11 is 0. The molecule has 1 atom stereocenters. The molecule has 2 rings (SSSR count). The van der Waals surface area contributed by atoms with E-state index in [0.29, 0.717) is 0 Å². The van der Waals surface area contributed by atoms with Gasteiger partial charge in [0.25, 0.3) is 0 Å². The summed E-state index contributed by atoms with van der Waals surface area (Å²) in [7, 11) is 4.22. The zero-order chi connectivity index (χ0) is 10.7. The maximum Gasteiger partial charge on any atom is 0.0205 e. The molecule has 82 valence electrons. The molecule has 1 saturated heterocycles. The number of likely N-dealkylation sites (tertiary alicyclic amines) is 1. The predicted octanol–water partition coefficient (Wildman–Crippen LogP) is 1.83. The van der Waals surface area contributed by atoms with Gasteiger partial charge >= 0.3 is 0 Å². The molecule has 0 amide bonds. The lowest BCUT2D eigenvalue weighted by Crippen LogP contribution is -2.15. The van der Waals surface area contributed by atoms with E-state index in [-0.39, 0.29) is 0 Å². The highest BCUT2D eigenvalue weighted by Crippen LogP contribution is 2.28. The highest BCUT2D eigenvalue weighted by molar-refractivity contribution is 5.31. The first-order chi connectivity index (χ1) is 7.31. The minimum atomic E-state index is 0.736. The van der Waals surface area contributed by atoms with Crippen LogP contribution in [0.1, 0.15) is 23.5 Å². The third-order valence-corrected chi connectivity index (χ3v) is 3.25. The van der Waals surface area contributed by atoms with Crippen LogP contribution in [0, 0.1) is 0 Å². The molecule has 1 aliphatic rings. The van der Waals surface area contributed by atoms with Crippen LogP contribution in [0.2, 0.25) is 0 Å². The number of rotatable bonds is 3. The largest absolute Gasteiger partial charge is 0.316 e. The number of hydrogen-bond donors (Lipinski definition) is 1. The van der Waals surface area contributed by atoms with Gasteiger partial charge in [-0.25, -0.2) is 0 Å². The smallest absolute Gasteiger partial charge is 0.0205 e. The molecule has 1 aliphatic heterocycles. The summed E-state index contributed by atoms with van der Waals surface area (Å²) in [5.74, 6) is 0.736. The van der Waals surface area contributed by atoms with Crippen molar-refractivity contribution < 1.29 is 0 Å². The molecule has 15 heavy (non-hydrogen) atoms. The fourth-order valence-electron chi connectivity index (χ4n) is 2.47. The average molecular weight is 204 g/mol. The van der Waals surface area contributed by atoms with Gasteiger partial charge in [-0.05, 0) is 44.1 Å². The second kappa shape index (κ2) is 4.77. The summed E-state index contributed by atoms with van der Waals surface area (Å²) in [5.41, 5.74) is 3.00. The summed E-state index contributed by atoms with van der Waals surface area (Å²) in [6.07, 6.45) is 1.30. The van der Waals surface area contributed by atoms with Crippen molar-refractivity contribution in [1.29, 1.82) is 0 Å². The Bertz CT molecular complexity index is 322. The van der Waals surface area contributed by atoms with Gasteiger partial charge in [-0.3, -0.25) is 0 Å². The molecule has 0 radical (unpaired) electrons. The van der Waals surface area contributed by atoms with E-state index >= 15 is 0 Å². The second-order valence-corrected chi connectivity index (χ2v) is 4.48. The van der Waals surface area contributed by atoms with Crippen LogP contribution in [0.3, 0.4) is 0 Å². The molecule has 0 saturated carbocycles. The minimum Gasteiger partial charge on any atom is -0.316 e. The maximum absolute atomic E-state index is 3.25. The number of nitrogens with zero attached hydrogens (tertiary/aromatic N) is 1. The van der Waals surface area contributed by atoms with Gasteiger partial charge < -0.3 is 10.2 Å². The van der Waals surface area contributed by atoms with Crippen LogP contribution in [-0.2, 0) is 6.54 Å². The van der Waals surface area contributed by atoms with Crippen molar-refractivity contribution in [1.82, 2.24) is 10.2 Å². The normalized spacial score (nSPS) is 22.1. The van der Waals surface area contributed by atoms with Crippen molar-refractivity contribution in [3.8, 4) is 0 Å². The Morgan fingerprint density at radius 1 is 1.40 bits per heavy atom. The Morgan fingerprint density at radius 3 is 2.87 bits per heavy atom. The quantitative estimate of drug-likeness (QED) is 0.808. The van der Waals surface area contributed by atoms with Gasteiger partial charge in [0.1, 0.15) is 0 Å². The van der Waals surface area contributed by atoms with E-state index in [2.05, 4.69) is 41.5 Å². The first-order valence-corrected chi connectivity index (χ1v) is 5.72. The van der Waals surface area contributed by atoms with Gasteiger partial charge in [0, 0.05) is 13.1 Å². The van der Waals surface area contributed by atoms with E-state index in [1.54, 1.807) is 0 Å². The highest BCUT2D eigenvalue weighted by atomic mass is 15.1. The van der Waals surface area contributed by atoms with Crippen molar-refractivity contribution in [2.45, 2.75) is 18.9 Å². The standard InChI is InChI=1S/C13H20N2/c1-14-9-11-5-3-4-6-13(11)12-7-8-15(2)10-12/h3-6,12,14H,7-10H2,1-2H3. The SMILES string of the molecule is CNCc1ccccc1C1CCN(C)C1. The Kier molecular flexibility index (Phi) is 3.39. The molecule has 1 unspecified atom stereocenters. The van der Waals surface area contributed by atoms with Gasteiger partial charge in [-0.2, -0.15) is 0 Å². The summed E-state index contributed by atoms with van der Waals surface area (Å²) in [6.45, 7) is 3.43. The fraction of sp³-hybridized carbons (Fsp3) is 0.538. The monoisotopic (exact) mass is 204 g/mol. The van der Waals surface area contributed by atoms with Crippen molar-refractivity contribution >= 4 is 0 Å². The van der Waals surface area contributed by atoms with Crippen LogP contribution < -0.4 is 5.32 Å². The first kappa shape index (κ1) is 10.7. The molecule has 0 spiro atoms. The van der Waals surface area contributed by atoms with Gasteiger partial charge in [-0.15, -0.1) is 0 Å². The van der Waals surface area contributed by atoms with Crippen molar-refractivity contribution in [3.63, 3.8) is 0 Å². The third kappa shape index (κ3) is 2.39. The summed E-state index contributed by atoms with van der Waals surface area (Å²) in [4.78, 5) is 2.42. The van der Waals surface area contributed by atoms with E-state index in [0.717, 1.165) is 12.5 Å². The first-order valence-electron chi connectivity index (χ1n) is 5.72. The minimum absolute atomic E-state index is 0.736. The zero-order valence-corrected chi connectivity index (χ0v) is 9.66. The van der Waals surface area contributed by atoms with Gasteiger partial charge in [-0.1, -0.05) is 24.3 Å². The molecule has 0 aliphatic carbocycles. The number of nitrogens with one attached hydrogen (secondary N) is 1. The lowest BCUT2D eigenvalue weighted by Gasteiger charge is -2.15. The van der Waals surface area contributed by atoms with E-state index in [4.69, 9.17) is 0 Å². The Hall–Kier alpha value is -0.860. The molecule has 1 aromatic carbocycles. The lowest BCUT2D eigenvalue weighted by atomic mass is 9.93. The van der Waals surface area contributed by atoms with E-state index in [1.165, 1.54) is 30.6 Å². The molecule has 2 nitrogen and oxygen atoms in total. The average Bonchev–Trinajstić information content (AvgIpc) is 2.66. The molecular weight excluding hydrogens is 184 g/mol. The Morgan fingerprint density at radius 2 is 2.20 bits per heavy atom. The molecule has 2 heteroatoms. The van der Waals surface area contributed by atoms with Crippen LogP contribution in [0.5, 0.6) is 0 Å². The van der Waals surface area contributed by atoms with E-state index in [9.17, 15) is 0 Å². The Balaban J connectivity index is 2.19. The van der Waals surface area contributed by atoms with Crippen molar-refractivity contribution in [3.05, 3.63) is 35.4 Å². The highest BCUT2D eigenvalue weighted by Gasteiger charge is 2.22. The topological polar surface area (TPSA) is 15.3 Å². The second-order valence-electron chi connectivity index (χ2n) is 4.48. The molecule has 0 bridgehead atoms. The molecule has 1 heterocycles. The van der Waals surface area contributed by atoms with Crippen molar-refractivity contribution in [2.75, 3.05) is 27.2 Å². The van der Waals surface area contributed by atoms with Crippen LogP contribution in [0.25, 0.3) is 0 Å². The lowest BCUT2D eigenvalue weighted by molar-refractivity contribution is 0.411. The summed E-state index contributed by atoms with van der Waals surface area (Å²) < 4.78 is 0. The summed E-state index contributed by atoms with van der Waals surface area (Å²) in [5, 5.41) is 3.25. The van der Waals surface area contributed by atoms with Crippen LogP contribution >= 0.6 is 0 Å². The van der Waals surface area contributed by atoms with Crippen LogP contribution in [-0.4, -0.2) is 32.1 Å². The fourth-order valence-corrected chi connectivity index (χ4v) is 2.47.